The third kappa shape index (κ3) is 4.67. The molecule has 3 fully saturated rings. The first-order valence-corrected chi connectivity index (χ1v) is 10.3. The van der Waals surface area contributed by atoms with Crippen LogP contribution in [0, 0.1) is 0 Å². The number of allylic oxidation sites excluding steroid dienone is 1. The number of hydrogen-bond donors (Lipinski definition) is 3. The average molecular weight is 400 g/mol. The van der Waals surface area contributed by atoms with Gasteiger partial charge in [0.25, 0.3) is 10.1 Å². The maximum Gasteiger partial charge on any atom is 0.269 e. The van der Waals surface area contributed by atoms with Crippen LogP contribution in [0.3, 0.4) is 0 Å². The normalized spacial score (nSPS) is 22.3. The van der Waals surface area contributed by atoms with Crippen LogP contribution in [0.1, 0.15) is 6.42 Å². The smallest absolute Gasteiger partial charge is 0.269 e. The Morgan fingerprint density at radius 1 is 1.00 bits per heavy atom. The van der Waals surface area contributed by atoms with Gasteiger partial charge in [0, 0.05) is 58.5 Å². The second kappa shape index (κ2) is 7.58. The Labute approximate surface area is 157 Å². The summed E-state index contributed by atoms with van der Waals surface area (Å²) in [5.74, 6) is 0.0485. The molecule has 1 aliphatic carbocycles. The Morgan fingerprint density at radius 3 is 1.89 bits per heavy atom. The Kier molecular flexibility index (Phi) is 5.56. The highest BCUT2D eigenvalue weighted by molar-refractivity contribution is 7.86. The minimum absolute atomic E-state index is 0.00546. The van der Waals surface area contributed by atoms with Crippen molar-refractivity contribution in [2.45, 2.75) is 11.7 Å². The second-order valence-electron chi connectivity index (χ2n) is 6.77. The molecule has 0 saturated carbocycles. The van der Waals surface area contributed by atoms with Crippen molar-refractivity contribution in [1.82, 2.24) is 14.7 Å². The minimum atomic E-state index is -4.06. The van der Waals surface area contributed by atoms with Gasteiger partial charge >= 0.3 is 0 Å². The number of aliphatic hydroxyl groups is 1. The first-order valence-electron chi connectivity index (χ1n) is 8.85. The fourth-order valence-electron chi connectivity index (χ4n) is 2.81. The summed E-state index contributed by atoms with van der Waals surface area (Å²) >= 11 is 0. The second-order valence-corrected chi connectivity index (χ2v) is 8.46. The predicted octanol–water partition coefficient (Wildman–Crippen LogP) is -2.24. The molecule has 0 aromatic heterocycles. The zero-order valence-corrected chi connectivity index (χ0v) is 15.7. The van der Waals surface area contributed by atoms with Gasteiger partial charge in [-0.15, -0.1) is 0 Å². The van der Waals surface area contributed by atoms with E-state index in [0.717, 1.165) is 39.3 Å². The quantitative estimate of drug-likeness (QED) is 0.244. The van der Waals surface area contributed by atoms with E-state index in [1.54, 1.807) is 0 Å². The third-order valence-corrected chi connectivity index (χ3v) is 5.89. The summed E-state index contributed by atoms with van der Waals surface area (Å²) in [4.78, 5) is 30.5. The number of Topliss-reactive ketones (excluding diaryl/α,β-unsaturated/α-hetero) is 1. The summed E-state index contributed by atoms with van der Waals surface area (Å²) in [6.07, 6.45) is 1.51. The number of nitrogens with zero attached hydrogens (tertiary/aromatic N) is 3. The Bertz CT molecular complexity index is 794. The van der Waals surface area contributed by atoms with E-state index in [-0.39, 0.29) is 31.1 Å². The fraction of sp³-hybridized carbons (Fsp3) is 0.625. The number of carbonyl (C=O) groups is 2. The van der Waals surface area contributed by atoms with Gasteiger partial charge in [0.05, 0.1) is 5.70 Å². The number of hydrogen-bond acceptors (Lipinski definition) is 9. The van der Waals surface area contributed by atoms with Gasteiger partial charge in [-0.1, -0.05) is 0 Å². The lowest BCUT2D eigenvalue weighted by Gasteiger charge is -2.21. The first-order chi connectivity index (χ1) is 12.8. The molecule has 0 spiro atoms. The third-order valence-electron chi connectivity index (χ3n) is 4.62. The molecule has 0 bridgehead atoms. The molecular formula is C16H24N4O6S. The van der Waals surface area contributed by atoms with Gasteiger partial charge in [0.2, 0.25) is 11.6 Å². The molecule has 0 aromatic carbocycles. The highest BCUT2D eigenvalue weighted by atomic mass is 32.2. The summed E-state index contributed by atoms with van der Waals surface area (Å²) in [6.45, 7) is 4.95. The molecule has 3 aliphatic heterocycles. The van der Waals surface area contributed by atoms with Gasteiger partial charge < -0.3 is 25.5 Å². The van der Waals surface area contributed by atoms with Gasteiger partial charge in [0.1, 0.15) is 16.6 Å². The number of rotatable bonds is 7. The van der Waals surface area contributed by atoms with Crippen LogP contribution in [0.15, 0.2) is 23.2 Å². The Hall–Kier alpha value is -1.95. The van der Waals surface area contributed by atoms with Crippen LogP contribution in [-0.4, -0.2) is 102 Å². The van der Waals surface area contributed by atoms with E-state index in [4.69, 9.17) is 15.4 Å². The van der Waals surface area contributed by atoms with Gasteiger partial charge in [-0.3, -0.25) is 14.1 Å². The highest BCUT2D eigenvalue weighted by Crippen LogP contribution is 2.33. The van der Waals surface area contributed by atoms with Crippen molar-refractivity contribution in [2.24, 2.45) is 5.73 Å². The van der Waals surface area contributed by atoms with Crippen LogP contribution < -0.4 is 5.73 Å². The summed E-state index contributed by atoms with van der Waals surface area (Å²) in [7, 11) is -4.06. The van der Waals surface area contributed by atoms with Gasteiger partial charge in [-0.2, -0.15) is 8.42 Å². The van der Waals surface area contributed by atoms with Gasteiger partial charge in [0.15, 0.2) is 0 Å². The van der Waals surface area contributed by atoms with Crippen LogP contribution in [-0.2, 0) is 19.7 Å². The summed E-state index contributed by atoms with van der Waals surface area (Å²) in [6, 6.07) is 0. The topological polar surface area (TPSA) is 144 Å². The van der Waals surface area contributed by atoms with Crippen molar-refractivity contribution in [1.29, 1.82) is 0 Å². The van der Waals surface area contributed by atoms with E-state index in [9.17, 15) is 18.0 Å². The summed E-state index contributed by atoms with van der Waals surface area (Å²) < 4.78 is 29.0. The molecule has 4 aliphatic rings. The number of carbonyl (C=O) groups excluding carboxylic acids is 2. The molecule has 1 unspecified atom stereocenters. The van der Waals surface area contributed by atoms with E-state index in [1.165, 1.54) is 6.08 Å². The SMILES string of the molecule is NCC(CCO)S(=O)(=O)O.O=C1C=C(N2CC2)C(=O)C(N2CC2)=C1N1CC1. The molecule has 3 heterocycles. The van der Waals surface area contributed by atoms with E-state index in [1.807, 2.05) is 14.7 Å². The predicted molar refractivity (Wildman–Crippen MR) is 95.9 cm³/mol. The molecular weight excluding hydrogens is 376 g/mol. The molecule has 11 heteroatoms. The molecule has 150 valence electrons. The Morgan fingerprint density at radius 2 is 1.52 bits per heavy atom. The summed E-state index contributed by atoms with van der Waals surface area (Å²) in [5.41, 5.74) is 6.88. The molecule has 0 radical (unpaired) electrons. The molecule has 0 amide bonds. The van der Waals surface area contributed by atoms with Crippen molar-refractivity contribution in [3.8, 4) is 0 Å². The number of ketones is 2. The van der Waals surface area contributed by atoms with Gasteiger partial charge in [-0.25, -0.2) is 0 Å². The highest BCUT2D eigenvalue weighted by Gasteiger charge is 2.43. The zero-order valence-electron chi connectivity index (χ0n) is 14.9. The lowest BCUT2D eigenvalue weighted by Crippen LogP contribution is -2.30. The van der Waals surface area contributed by atoms with E-state index in [2.05, 4.69) is 0 Å². The molecule has 4 rings (SSSR count). The van der Waals surface area contributed by atoms with Crippen molar-refractivity contribution in [3.63, 3.8) is 0 Å². The van der Waals surface area contributed by atoms with Crippen molar-refractivity contribution < 1.29 is 27.7 Å². The molecule has 10 nitrogen and oxygen atoms in total. The molecule has 0 aromatic rings. The van der Waals surface area contributed by atoms with Crippen molar-refractivity contribution >= 4 is 21.7 Å². The molecule has 4 N–H and O–H groups in total. The first kappa shape index (κ1) is 19.8. The van der Waals surface area contributed by atoms with Crippen molar-refractivity contribution in [3.05, 3.63) is 23.2 Å². The van der Waals surface area contributed by atoms with E-state index < -0.39 is 15.4 Å². The number of nitrogens with two attached hydrogens (primary N) is 1. The summed E-state index contributed by atoms with van der Waals surface area (Å²) in [5, 5.41) is 7.27. The maximum atomic E-state index is 12.4. The lowest BCUT2D eigenvalue weighted by atomic mass is 10.0. The van der Waals surface area contributed by atoms with Crippen LogP contribution >= 0.6 is 0 Å². The fourth-order valence-corrected chi connectivity index (χ4v) is 3.45. The maximum absolute atomic E-state index is 12.4. The van der Waals surface area contributed by atoms with Crippen LogP contribution in [0.5, 0.6) is 0 Å². The van der Waals surface area contributed by atoms with Crippen molar-refractivity contribution in [2.75, 3.05) is 52.4 Å². The molecule has 1 atom stereocenters. The average Bonchev–Trinajstić information content (AvgIpc) is 3.47. The minimum Gasteiger partial charge on any atom is -0.396 e. The standard InChI is InChI=1S/C12H13N3O2.C4H11NO4S/c16-9-7-8(13-1-2-13)12(17)11(15-5-6-15)10(9)14-3-4-14;5-3-4(1-2-6)10(7,8)9/h7H,1-6H2;4,6H,1-3,5H2,(H,7,8,9). The number of aliphatic hydroxyl groups excluding tert-OH is 1. The van der Waals surface area contributed by atoms with Crippen LogP contribution in [0.25, 0.3) is 0 Å². The zero-order chi connectivity index (χ0) is 19.8. The van der Waals surface area contributed by atoms with Crippen LogP contribution in [0.2, 0.25) is 0 Å². The largest absolute Gasteiger partial charge is 0.396 e. The van der Waals surface area contributed by atoms with E-state index in [0.29, 0.717) is 17.1 Å². The van der Waals surface area contributed by atoms with Crippen LogP contribution in [0.4, 0.5) is 0 Å². The van der Waals surface area contributed by atoms with E-state index >= 15 is 0 Å². The molecule has 3 saturated heterocycles. The Balaban J connectivity index is 0.000000183. The monoisotopic (exact) mass is 400 g/mol. The lowest BCUT2D eigenvalue weighted by molar-refractivity contribution is -0.117. The molecule has 27 heavy (non-hydrogen) atoms. The van der Waals surface area contributed by atoms with Gasteiger partial charge in [-0.05, 0) is 6.42 Å².